The molecule has 24 heavy (non-hydrogen) atoms. The molecule has 132 valence electrons. The minimum Gasteiger partial charge on any atom is -0.495 e. The molecule has 1 fully saturated rings. The van der Waals surface area contributed by atoms with Gasteiger partial charge in [-0.25, -0.2) is 0 Å². The van der Waals surface area contributed by atoms with Gasteiger partial charge in [0.2, 0.25) is 11.8 Å². The maximum Gasteiger partial charge on any atom is 0.224 e. The Morgan fingerprint density at radius 3 is 2.42 bits per heavy atom. The van der Waals surface area contributed by atoms with Gasteiger partial charge in [-0.1, -0.05) is 19.1 Å². The highest BCUT2D eigenvalue weighted by molar-refractivity contribution is 5.93. The van der Waals surface area contributed by atoms with Crippen LogP contribution in [0.2, 0.25) is 0 Å². The molecule has 0 N–H and O–H groups in total. The summed E-state index contributed by atoms with van der Waals surface area (Å²) in [6.07, 6.45) is 0.323. The van der Waals surface area contributed by atoms with Crippen LogP contribution in [-0.4, -0.2) is 68.0 Å². The molecule has 0 unspecified atom stereocenters. The first-order chi connectivity index (χ1) is 11.6. The van der Waals surface area contributed by atoms with E-state index >= 15 is 0 Å². The Kier molecular flexibility index (Phi) is 6.61. The van der Waals surface area contributed by atoms with E-state index in [2.05, 4.69) is 11.8 Å². The number of para-hydroxylation sites is 2. The molecule has 0 aliphatic carbocycles. The second kappa shape index (κ2) is 8.68. The Balaban J connectivity index is 1.97. The molecule has 6 nitrogen and oxygen atoms in total. The number of amides is 2. The van der Waals surface area contributed by atoms with Gasteiger partial charge in [0.05, 0.1) is 12.8 Å². The van der Waals surface area contributed by atoms with Gasteiger partial charge in [0.15, 0.2) is 0 Å². The summed E-state index contributed by atoms with van der Waals surface area (Å²) in [6, 6.07) is 7.38. The first kappa shape index (κ1) is 18.3. The Bertz CT molecular complexity index is 568. The van der Waals surface area contributed by atoms with Gasteiger partial charge in [0.25, 0.3) is 0 Å². The summed E-state index contributed by atoms with van der Waals surface area (Å²) in [5.74, 6) is 0.645. The third-order valence-corrected chi connectivity index (χ3v) is 4.48. The molecule has 2 amide bonds. The number of anilines is 1. The highest BCUT2D eigenvalue weighted by Gasteiger charge is 2.22. The maximum atomic E-state index is 12.4. The number of nitrogens with zero attached hydrogens (tertiary/aromatic N) is 3. The SMILES string of the molecule is CCN1CCN(C(=O)CCN(C(C)=O)c2ccccc2OC)CC1. The molecule has 1 aliphatic rings. The number of likely N-dealkylation sites (N-methyl/N-ethyl adjacent to an activating group) is 1. The fourth-order valence-electron chi connectivity index (χ4n) is 2.98. The van der Waals surface area contributed by atoms with E-state index < -0.39 is 0 Å². The molecule has 2 rings (SSSR count). The molecule has 1 aromatic rings. The van der Waals surface area contributed by atoms with Crippen LogP contribution in [-0.2, 0) is 9.59 Å². The van der Waals surface area contributed by atoms with Crippen molar-refractivity contribution in [2.24, 2.45) is 0 Å². The first-order valence-electron chi connectivity index (χ1n) is 8.48. The van der Waals surface area contributed by atoms with Crippen LogP contribution >= 0.6 is 0 Å². The van der Waals surface area contributed by atoms with Gasteiger partial charge in [-0.05, 0) is 18.7 Å². The van der Waals surface area contributed by atoms with Crippen molar-refractivity contribution in [3.8, 4) is 5.75 Å². The molecule has 1 heterocycles. The molecular formula is C18H27N3O3. The van der Waals surface area contributed by atoms with Gasteiger partial charge < -0.3 is 19.4 Å². The highest BCUT2D eigenvalue weighted by Crippen LogP contribution is 2.28. The lowest BCUT2D eigenvalue weighted by molar-refractivity contribution is -0.132. The molecule has 0 spiro atoms. The normalized spacial score (nSPS) is 15.2. The number of piperazine rings is 1. The van der Waals surface area contributed by atoms with Gasteiger partial charge in [0, 0.05) is 46.1 Å². The summed E-state index contributed by atoms with van der Waals surface area (Å²) in [7, 11) is 1.58. The molecule has 0 atom stereocenters. The van der Waals surface area contributed by atoms with E-state index in [1.807, 2.05) is 29.2 Å². The molecular weight excluding hydrogens is 306 g/mol. The van der Waals surface area contributed by atoms with Gasteiger partial charge in [-0.2, -0.15) is 0 Å². The van der Waals surface area contributed by atoms with Crippen molar-refractivity contribution in [1.82, 2.24) is 9.80 Å². The van der Waals surface area contributed by atoms with E-state index in [1.165, 1.54) is 6.92 Å². The summed E-state index contributed by atoms with van der Waals surface area (Å²) in [4.78, 5) is 30.3. The number of benzene rings is 1. The molecule has 1 saturated heterocycles. The standard InChI is InChI=1S/C18H27N3O3/c1-4-19-11-13-20(14-12-19)18(23)9-10-21(15(2)22)16-7-5-6-8-17(16)24-3/h5-8H,4,9-14H2,1-3H3. The van der Waals surface area contributed by atoms with Crippen molar-refractivity contribution in [1.29, 1.82) is 0 Å². The third-order valence-electron chi connectivity index (χ3n) is 4.48. The van der Waals surface area contributed by atoms with E-state index in [-0.39, 0.29) is 11.8 Å². The zero-order chi connectivity index (χ0) is 17.5. The number of rotatable bonds is 6. The average Bonchev–Trinajstić information content (AvgIpc) is 2.62. The van der Waals surface area contributed by atoms with E-state index in [0.717, 1.165) is 32.7 Å². The smallest absolute Gasteiger partial charge is 0.224 e. The monoisotopic (exact) mass is 333 g/mol. The fraction of sp³-hybridized carbons (Fsp3) is 0.556. The summed E-state index contributed by atoms with van der Waals surface area (Å²) in [5, 5.41) is 0. The summed E-state index contributed by atoms with van der Waals surface area (Å²) in [5.41, 5.74) is 0.705. The Hall–Kier alpha value is -2.08. The molecule has 0 bridgehead atoms. The molecule has 1 aliphatic heterocycles. The highest BCUT2D eigenvalue weighted by atomic mass is 16.5. The van der Waals surface area contributed by atoms with Crippen LogP contribution in [0, 0.1) is 0 Å². The zero-order valence-electron chi connectivity index (χ0n) is 14.8. The molecule has 1 aromatic carbocycles. The van der Waals surface area contributed by atoms with Crippen LogP contribution in [0.1, 0.15) is 20.3 Å². The van der Waals surface area contributed by atoms with E-state index in [1.54, 1.807) is 12.0 Å². The van der Waals surface area contributed by atoms with Crippen LogP contribution in [0.4, 0.5) is 5.69 Å². The molecule has 0 aromatic heterocycles. The van der Waals surface area contributed by atoms with E-state index in [0.29, 0.717) is 24.4 Å². The van der Waals surface area contributed by atoms with Crippen molar-refractivity contribution in [2.45, 2.75) is 20.3 Å². The summed E-state index contributed by atoms with van der Waals surface area (Å²) >= 11 is 0. The van der Waals surface area contributed by atoms with Crippen molar-refractivity contribution in [3.05, 3.63) is 24.3 Å². The summed E-state index contributed by atoms with van der Waals surface area (Å²) in [6.45, 7) is 8.40. The minimum atomic E-state index is -0.0943. The second-order valence-corrected chi connectivity index (χ2v) is 5.91. The lowest BCUT2D eigenvalue weighted by Gasteiger charge is -2.34. The third kappa shape index (κ3) is 4.47. The first-order valence-corrected chi connectivity index (χ1v) is 8.48. The lowest BCUT2D eigenvalue weighted by Crippen LogP contribution is -2.49. The van der Waals surface area contributed by atoms with E-state index in [9.17, 15) is 9.59 Å². The molecule has 6 heteroatoms. The van der Waals surface area contributed by atoms with Crippen LogP contribution in [0.15, 0.2) is 24.3 Å². The Morgan fingerprint density at radius 1 is 1.17 bits per heavy atom. The topological polar surface area (TPSA) is 53.1 Å². The number of ether oxygens (including phenoxy) is 1. The quantitative estimate of drug-likeness (QED) is 0.793. The van der Waals surface area contributed by atoms with Gasteiger partial charge in [0.1, 0.15) is 5.75 Å². The van der Waals surface area contributed by atoms with Crippen LogP contribution in [0.3, 0.4) is 0 Å². The van der Waals surface area contributed by atoms with Crippen LogP contribution in [0.25, 0.3) is 0 Å². The number of carbonyl (C=O) groups is 2. The average molecular weight is 333 g/mol. The number of hydrogen-bond donors (Lipinski definition) is 0. The number of hydrogen-bond acceptors (Lipinski definition) is 4. The zero-order valence-corrected chi connectivity index (χ0v) is 14.8. The predicted octanol–water partition coefficient (Wildman–Crippen LogP) is 1.60. The Labute approximate surface area is 144 Å². The number of carbonyl (C=O) groups excluding carboxylic acids is 2. The predicted molar refractivity (Wildman–Crippen MR) is 94.3 cm³/mol. The fourth-order valence-corrected chi connectivity index (χ4v) is 2.98. The van der Waals surface area contributed by atoms with Crippen LogP contribution in [0.5, 0.6) is 5.75 Å². The summed E-state index contributed by atoms with van der Waals surface area (Å²) < 4.78 is 5.33. The second-order valence-electron chi connectivity index (χ2n) is 5.91. The molecule has 0 radical (unpaired) electrons. The van der Waals surface area contributed by atoms with Gasteiger partial charge in [-0.3, -0.25) is 9.59 Å². The Morgan fingerprint density at radius 2 is 1.83 bits per heavy atom. The maximum absolute atomic E-state index is 12.4. The van der Waals surface area contributed by atoms with Crippen molar-refractivity contribution in [3.63, 3.8) is 0 Å². The number of methoxy groups -OCH3 is 1. The molecule has 0 saturated carbocycles. The van der Waals surface area contributed by atoms with Crippen molar-refractivity contribution >= 4 is 17.5 Å². The van der Waals surface area contributed by atoms with Gasteiger partial charge in [-0.15, -0.1) is 0 Å². The van der Waals surface area contributed by atoms with Crippen molar-refractivity contribution < 1.29 is 14.3 Å². The van der Waals surface area contributed by atoms with Crippen molar-refractivity contribution in [2.75, 3.05) is 51.3 Å². The largest absolute Gasteiger partial charge is 0.495 e. The lowest BCUT2D eigenvalue weighted by atomic mass is 10.2. The minimum absolute atomic E-state index is 0.0943. The van der Waals surface area contributed by atoms with E-state index in [4.69, 9.17) is 4.74 Å². The van der Waals surface area contributed by atoms with Crippen LogP contribution < -0.4 is 9.64 Å². The van der Waals surface area contributed by atoms with Gasteiger partial charge >= 0.3 is 0 Å².